The van der Waals surface area contributed by atoms with E-state index in [1.807, 2.05) is 6.92 Å². The van der Waals surface area contributed by atoms with Gasteiger partial charge in [-0.05, 0) is 25.3 Å². The highest BCUT2D eigenvalue weighted by Crippen LogP contribution is 2.41. The minimum atomic E-state index is 0.191. The summed E-state index contributed by atoms with van der Waals surface area (Å²) in [5.41, 5.74) is 0.224. The molecule has 3 saturated heterocycles. The van der Waals surface area contributed by atoms with Crippen molar-refractivity contribution in [3.05, 3.63) is 0 Å². The zero-order chi connectivity index (χ0) is 8.93. The zero-order valence-electron chi connectivity index (χ0n) is 8.13. The molecule has 0 N–H and O–H groups in total. The van der Waals surface area contributed by atoms with E-state index in [2.05, 4.69) is 18.7 Å². The molecule has 0 aromatic rings. The lowest BCUT2D eigenvalue weighted by Crippen LogP contribution is -2.61. The fourth-order valence-corrected chi connectivity index (χ4v) is 2.73. The van der Waals surface area contributed by atoms with Crippen molar-refractivity contribution in [1.29, 1.82) is 0 Å². The van der Waals surface area contributed by atoms with E-state index in [1.54, 1.807) is 0 Å². The second-order valence-electron chi connectivity index (χ2n) is 4.88. The third kappa shape index (κ3) is 0.939. The van der Waals surface area contributed by atoms with Crippen LogP contribution in [0.4, 0.5) is 0 Å². The molecule has 2 nitrogen and oxygen atoms in total. The van der Waals surface area contributed by atoms with Crippen LogP contribution in [0.25, 0.3) is 0 Å². The summed E-state index contributed by atoms with van der Waals surface area (Å²) < 4.78 is 0. The standard InChI is InChI=1S/C10H17NO/c1-7-9(12)8-4-5-11(7)6-10(8,2)3/h7-8H,4-6H2,1-3H3. The number of carbonyl (C=O) groups excluding carboxylic acids is 1. The zero-order valence-corrected chi connectivity index (χ0v) is 8.13. The van der Waals surface area contributed by atoms with E-state index in [0.717, 1.165) is 19.5 Å². The molecular weight excluding hydrogens is 150 g/mol. The van der Waals surface area contributed by atoms with Crippen molar-refractivity contribution in [3.63, 3.8) is 0 Å². The fourth-order valence-electron chi connectivity index (χ4n) is 2.73. The van der Waals surface area contributed by atoms with Crippen LogP contribution in [0.1, 0.15) is 27.2 Å². The molecule has 0 saturated carbocycles. The highest BCUT2D eigenvalue weighted by Gasteiger charge is 2.48. The lowest BCUT2D eigenvalue weighted by Gasteiger charge is -2.52. The van der Waals surface area contributed by atoms with E-state index in [4.69, 9.17) is 0 Å². The van der Waals surface area contributed by atoms with Crippen molar-refractivity contribution in [2.24, 2.45) is 11.3 Å². The van der Waals surface area contributed by atoms with Gasteiger partial charge in [-0.2, -0.15) is 0 Å². The van der Waals surface area contributed by atoms with Gasteiger partial charge in [-0.25, -0.2) is 0 Å². The maximum Gasteiger partial charge on any atom is 0.153 e. The van der Waals surface area contributed by atoms with Crippen LogP contribution in [0.2, 0.25) is 0 Å². The number of piperidine rings is 3. The second kappa shape index (κ2) is 2.32. The minimum Gasteiger partial charge on any atom is -0.298 e. The van der Waals surface area contributed by atoms with Gasteiger partial charge >= 0.3 is 0 Å². The van der Waals surface area contributed by atoms with Gasteiger partial charge in [0.1, 0.15) is 0 Å². The van der Waals surface area contributed by atoms with Crippen LogP contribution >= 0.6 is 0 Å². The molecule has 3 unspecified atom stereocenters. The highest BCUT2D eigenvalue weighted by molar-refractivity contribution is 5.88. The van der Waals surface area contributed by atoms with Gasteiger partial charge in [0.2, 0.25) is 0 Å². The molecule has 3 aliphatic rings. The van der Waals surface area contributed by atoms with E-state index in [0.29, 0.717) is 11.7 Å². The molecule has 0 spiro atoms. The van der Waals surface area contributed by atoms with Crippen molar-refractivity contribution in [2.75, 3.05) is 13.1 Å². The summed E-state index contributed by atoms with van der Waals surface area (Å²) in [6, 6.07) is 0.191. The topological polar surface area (TPSA) is 20.3 Å². The van der Waals surface area contributed by atoms with Crippen LogP contribution in [-0.4, -0.2) is 29.8 Å². The largest absolute Gasteiger partial charge is 0.298 e. The molecule has 0 aliphatic carbocycles. The number of fused-ring (bicyclic) bond motifs is 3. The van der Waals surface area contributed by atoms with E-state index in [-0.39, 0.29) is 11.5 Å². The number of ketones is 1. The van der Waals surface area contributed by atoms with Crippen molar-refractivity contribution >= 4 is 5.78 Å². The summed E-state index contributed by atoms with van der Waals surface area (Å²) in [6.45, 7) is 8.70. The molecule has 2 heteroatoms. The molecule has 12 heavy (non-hydrogen) atoms. The summed E-state index contributed by atoms with van der Waals surface area (Å²) in [6.07, 6.45) is 1.08. The third-order valence-corrected chi connectivity index (χ3v) is 3.56. The maximum absolute atomic E-state index is 11.8. The van der Waals surface area contributed by atoms with Crippen molar-refractivity contribution < 1.29 is 4.79 Å². The fraction of sp³-hybridized carbons (Fsp3) is 0.900. The van der Waals surface area contributed by atoms with Crippen molar-refractivity contribution in [2.45, 2.75) is 33.2 Å². The Morgan fingerprint density at radius 1 is 1.50 bits per heavy atom. The predicted octanol–water partition coefficient (Wildman–Crippen LogP) is 1.31. The van der Waals surface area contributed by atoms with Gasteiger partial charge in [-0.3, -0.25) is 9.69 Å². The molecule has 3 fully saturated rings. The smallest absolute Gasteiger partial charge is 0.153 e. The quantitative estimate of drug-likeness (QED) is 0.542. The van der Waals surface area contributed by atoms with Crippen LogP contribution in [0.5, 0.6) is 0 Å². The van der Waals surface area contributed by atoms with E-state index < -0.39 is 0 Å². The summed E-state index contributed by atoms with van der Waals surface area (Å²) in [5, 5.41) is 0. The Labute approximate surface area is 73.9 Å². The molecule has 3 atom stereocenters. The van der Waals surface area contributed by atoms with Gasteiger partial charge in [0.05, 0.1) is 6.04 Å². The van der Waals surface area contributed by atoms with Gasteiger partial charge in [0.15, 0.2) is 5.78 Å². The van der Waals surface area contributed by atoms with Gasteiger partial charge in [-0.15, -0.1) is 0 Å². The number of Topliss-reactive ketones (excluding diaryl/α,β-unsaturated/α-hetero) is 1. The molecule has 2 bridgehead atoms. The van der Waals surface area contributed by atoms with E-state index >= 15 is 0 Å². The molecule has 3 aliphatic heterocycles. The molecule has 0 aromatic carbocycles. The summed E-state index contributed by atoms with van der Waals surface area (Å²) in [4.78, 5) is 14.1. The van der Waals surface area contributed by atoms with Gasteiger partial charge in [0, 0.05) is 12.5 Å². The number of carbonyl (C=O) groups is 1. The second-order valence-corrected chi connectivity index (χ2v) is 4.88. The Kier molecular flexibility index (Phi) is 1.59. The van der Waals surface area contributed by atoms with E-state index in [9.17, 15) is 4.79 Å². The molecule has 0 aromatic heterocycles. The minimum absolute atomic E-state index is 0.191. The molecule has 3 rings (SSSR count). The van der Waals surface area contributed by atoms with Crippen molar-refractivity contribution in [1.82, 2.24) is 4.90 Å². The summed E-state index contributed by atoms with van der Waals surface area (Å²) >= 11 is 0. The molecular formula is C10H17NO. The Bertz CT molecular complexity index is 222. The first-order valence-corrected chi connectivity index (χ1v) is 4.80. The number of hydrogen-bond donors (Lipinski definition) is 0. The number of nitrogens with zero attached hydrogens (tertiary/aromatic N) is 1. The monoisotopic (exact) mass is 167 g/mol. The normalized spacial score (nSPS) is 44.9. The van der Waals surface area contributed by atoms with Crippen molar-refractivity contribution in [3.8, 4) is 0 Å². The van der Waals surface area contributed by atoms with Crippen LogP contribution in [-0.2, 0) is 4.79 Å². The average Bonchev–Trinajstić information content (AvgIpc) is 1.97. The Morgan fingerprint density at radius 3 is 2.58 bits per heavy atom. The van der Waals surface area contributed by atoms with Crippen LogP contribution in [0.15, 0.2) is 0 Å². The average molecular weight is 167 g/mol. The van der Waals surface area contributed by atoms with Crippen LogP contribution in [0, 0.1) is 11.3 Å². The van der Waals surface area contributed by atoms with Crippen LogP contribution < -0.4 is 0 Å². The first kappa shape index (κ1) is 8.24. The third-order valence-electron chi connectivity index (χ3n) is 3.56. The molecule has 0 radical (unpaired) electrons. The molecule has 68 valence electrons. The predicted molar refractivity (Wildman–Crippen MR) is 47.9 cm³/mol. The maximum atomic E-state index is 11.8. The van der Waals surface area contributed by atoms with Gasteiger partial charge in [-0.1, -0.05) is 13.8 Å². The molecule has 0 amide bonds. The van der Waals surface area contributed by atoms with Crippen LogP contribution in [0.3, 0.4) is 0 Å². The SMILES string of the molecule is CC1C(=O)C2CCN1CC2(C)C. The summed E-state index contributed by atoms with van der Waals surface area (Å²) in [7, 11) is 0. The van der Waals surface area contributed by atoms with Gasteiger partial charge in [0.25, 0.3) is 0 Å². The lowest BCUT2D eigenvalue weighted by atomic mass is 9.66. The van der Waals surface area contributed by atoms with E-state index in [1.165, 1.54) is 0 Å². The highest BCUT2D eigenvalue weighted by atomic mass is 16.1. The lowest BCUT2D eigenvalue weighted by molar-refractivity contribution is -0.146. The van der Waals surface area contributed by atoms with Gasteiger partial charge < -0.3 is 0 Å². The summed E-state index contributed by atoms with van der Waals surface area (Å²) in [5.74, 6) is 0.801. The Morgan fingerprint density at radius 2 is 2.17 bits per heavy atom. The Balaban J connectivity index is 2.30. The Hall–Kier alpha value is -0.370. The molecule has 3 heterocycles. The number of rotatable bonds is 0. The first-order chi connectivity index (χ1) is 5.52. The first-order valence-electron chi connectivity index (χ1n) is 4.80. The number of hydrogen-bond acceptors (Lipinski definition) is 2.